The Hall–Kier alpha value is -2.30. The van der Waals surface area contributed by atoms with E-state index < -0.39 is 0 Å². The Morgan fingerprint density at radius 2 is 1.90 bits per heavy atom. The van der Waals surface area contributed by atoms with Crippen molar-refractivity contribution in [1.82, 2.24) is 9.55 Å². The number of aromatic nitrogens is 2. The van der Waals surface area contributed by atoms with Gasteiger partial charge < -0.3 is 15.2 Å². The van der Waals surface area contributed by atoms with Crippen LogP contribution in [0.3, 0.4) is 0 Å². The largest absolute Gasteiger partial charge is 0.385 e. The lowest BCUT2D eigenvalue weighted by Crippen LogP contribution is -2.23. The number of rotatable bonds is 7. The highest BCUT2D eigenvalue weighted by Crippen LogP contribution is 2.10. The molecule has 1 heterocycles. The molecule has 5 heteroatoms. The molecule has 2 rings (SSSR count). The summed E-state index contributed by atoms with van der Waals surface area (Å²) in [4.78, 5) is 16.1. The lowest BCUT2D eigenvalue weighted by molar-refractivity contribution is 0.718. The van der Waals surface area contributed by atoms with Gasteiger partial charge in [0, 0.05) is 37.7 Å². The van der Waals surface area contributed by atoms with Crippen LogP contribution in [0.1, 0.15) is 25.8 Å². The Morgan fingerprint density at radius 1 is 1.14 bits per heavy atom. The van der Waals surface area contributed by atoms with Crippen molar-refractivity contribution in [2.75, 3.05) is 17.2 Å². The summed E-state index contributed by atoms with van der Waals surface area (Å²) in [6.45, 7) is 6.29. The van der Waals surface area contributed by atoms with E-state index in [1.54, 1.807) is 17.0 Å². The van der Waals surface area contributed by atoms with Crippen molar-refractivity contribution in [3.63, 3.8) is 0 Å². The van der Waals surface area contributed by atoms with Crippen molar-refractivity contribution in [1.29, 1.82) is 0 Å². The van der Waals surface area contributed by atoms with E-state index in [1.807, 2.05) is 19.1 Å². The van der Waals surface area contributed by atoms with Crippen LogP contribution in [0.4, 0.5) is 11.5 Å². The van der Waals surface area contributed by atoms with Gasteiger partial charge in [0.1, 0.15) is 0 Å². The molecule has 112 valence electrons. The Labute approximate surface area is 125 Å². The van der Waals surface area contributed by atoms with Crippen molar-refractivity contribution in [3.05, 3.63) is 52.6 Å². The molecule has 1 aromatic heterocycles. The van der Waals surface area contributed by atoms with Gasteiger partial charge in [-0.2, -0.15) is 0 Å². The molecule has 0 aliphatic rings. The van der Waals surface area contributed by atoms with Gasteiger partial charge in [-0.15, -0.1) is 0 Å². The molecule has 0 radical (unpaired) electrons. The zero-order valence-electron chi connectivity index (χ0n) is 12.6. The molecule has 0 spiro atoms. The molecule has 5 nitrogen and oxygen atoms in total. The van der Waals surface area contributed by atoms with Crippen molar-refractivity contribution in [2.24, 2.45) is 0 Å². The van der Waals surface area contributed by atoms with Gasteiger partial charge in [0.25, 0.3) is 5.56 Å². The van der Waals surface area contributed by atoms with Crippen LogP contribution in [0.2, 0.25) is 0 Å². The third-order valence-electron chi connectivity index (χ3n) is 3.25. The highest BCUT2D eigenvalue weighted by molar-refractivity contribution is 5.45. The summed E-state index contributed by atoms with van der Waals surface area (Å²) in [5, 5.41) is 6.44. The molecule has 2 N–H and O–H groups in total. The molecule has 0 bridgehead atoms. The Morgan fingerprint density at radius 3 is 2.57 bits per heavy atom. The van der Waals surface area contributed by atoms with Crippen LogP contribution in [0.15, 0.2) is 41.5 Å². The normalized spacial score (nSPS) is 10.4. The van der Waals surface area contributed by atoms with Gasteiger partial charge in [-0.25, -0.2) is 4.98 Å². The van der Waals surface area contributed by atoms with Gasteiger partial charge in [-0.1, -0.05) is 19.1 Å². The van der Waals surface area contributed by atoms with E-state index in [2.05, 4.69) is 34.7 Å². The van der Waals surface area contributed by atoms with Gasteiger partial charge in [0.2, 0.25) is 0 Å². The van der Waals surface area contributed by atoms with Gasteiger partial charge >= 0.3 is 0 Å². The number of aryl methyl sites for hydroxylation is 1. The van der Waals surface area contributed by atoms with Crippen LogP contribution in [0.5, 0.6) is 0 Å². The number of anilines is 2. The van der Waals surface area contributed by atoms with Crippen molar-refractivity contribution in [2.45, 2.75) is 33.4 Å². The predicted molar refractivity (Wildman–Crippen MR) is 86.7 cm³/mol. The molecule has 1 aromatic carbocycles. The average molecular weight is 286 g/mol. The van der Waals surface area contributed by atoms with Gasteiger partial charge in [0.05, 0.1) is 0 Å². The fourth-order valence-electron chi connectivity index (χ4n) is 2.01. The monoisotopic (exact) mass is 286 g/mol. The first kappa shape index (κ1) is 15.1. The van der Waals surface area contributed by atoms with Crippen LogP contribution >= 0.6 is 0 Å². The van der Waals surface area contributed by atoms with E-state index in [1.165, 1.54) is 0 Å². The average Bonchev–Trinajstić information content (AvgIpc) is 2.53. The van der Waals surface area contributed by atoms with Gasteiger partial charge in [-0.3, -0.25) is 4.79 Å². The number of hydrogen-bond donors (Lipinski definition) is 2. The summed E-state index contributed by atoms with van der Waals surface area (Å²) >= 11 is 0. The van der Waals surface area contributed by atoms with E-state index in [4.69, 9.17) is 0 Å². The third-order valence-corrected chi connectivity index (χ3v) is 3.25. The first-order chi connectivity index (χ1) is 10.2. The summed E-state index contributed by atoms with van der Waals surface area (Å²) in [5.41, 5.74) is 2.15. The fourth-order valence-corrected chi connectivity index (χ4v) is 2.01. The van der Waals surface area contributed by atoms with E-state index in [9.17, 15) is 4.79 Å². The van der Waals surface area contributed by atoms with Crippen molar-refractivity contribution < 1.29 is 0 Å². The zero-order valence-corrected chi connectivity index (χ0v) is 12.6. The molecule has 0 aliphatic heterocycles. The molecular weight excluding hydrogens is 264 g/mol. The van der Waals surface area contributed by atoms with Gasteiger partial charge in [-0.05, 0) is 31.0 Å². The minimum absolute atomic E-state index is 0.0822. The minimum Gasteiger partial charge on any atom is -0.385 e. The molecule has 0 atom stereocenters. The third kappa shape index (κ3) is 4.08. The second kappa shape index (κ2) is 7.47. The SMILES string of the molecule is CCCNc1ccc(CNc2nccn(CC)c2=O)cc1. The number of benzene rings is 1. The summed E-state index contributed by atoms with van der Waals surface area (Å²) in [6.07, 6.45) is 4.44. The molecule has 0 aliphatic carbocycles. The standard InChI is InChI=1S/C16H22N4O/c1-3-9-17-14-7-5-13(6-8-14)12-19-15-16(21)20(4-2)11-10-18-15/h5-8,10-11,17H,3-4,9,12H2,1-2H3,(H,18,19). The van der Waals surface area contributed by atoms with Crippen LogP contribution in [0.25, 0.3) is 0 Å². The minimum atomic E-state index is -0.0822. The quantitative estimate of drug-likeness (QED) is 0.821. The number of nitrogens with one attached hydrogen (secondary N) is 2. The summed E-state index contributed by atoms with van der Waals surface area (Å²) in [5.74, 6) is 0.396. The first-order valence-corrected chi connectivity index (χ1v) is 7.36. The van der Waals surface area contributed by atoms with E-state index in [0.717, 1.165) is 24.2 Å². The van der Waals surface area contributed by atoms with E-state index >= 15 is 0 Å². The molecule has 0 amide bonds. The maximum absolute atomic E-state index is 12.0. The van der Waals surface area contributed by atoms with Crippen LogP contribution in [-0.4, -0.2) is 16.1 Å². The second-order valence-corrected chi connectivity index (χ2v) is 4.84. The highest BCUT2D eigenvalue weighted by atomic mass is 16.1. The highest BCUT2D eigenvalue weighted by Gasteiger charge is 2.03. The van der Waals surface area contributed by atoms with Crippen LogP contribution < -0.4 is 16.2 Å². The second-order valence-electron chi connectivity index (χ2n) is 4.84. The fraction of sp³-hybridized carbons (Fsp3) is 0.375. The van der Waals surface area contributed by atoms with E-state index in [-0.39, 0.29) is 5.56 Å². The lowest BCUT2D eigenvalue weighted by Gasteiger charge is -2.09. The Bertz CT molecular complexity index is 619. The summed E-state index contributed by atoms with van der Waals surface area (Å²) < 4.78 is 1.63. The molecule has 0 unspecified atom stereocenters. The first-order valence-electron chi connectivity index (χ1n) is 7.36. The topological polar surface area (TPSA) is 59.0 Å². The predicted octanol–water partition coefficient (Wildman–Crippen LogP) is 2.70. The Balaban J connectivity index is 1.98. The molecule has 2 aromatic rings. The zero-order chi connectivity index (χ0) is 15.1. The van der Waals surface area contributed by atoms with Crippen molar-refractivity contribution >= 4 is 11.5 Å². The van der Waals surface area contributed by atoms with Crippen LogP contribution in [-0.2, 0) is 13.1 Å². The molecule has 21 heavy (non-hydrogen) atoms. The number of hydrogen-bond acceptors (Lipinski definition) is 4. The van der Waals surface area contributed by atoms with Crippen molar-refractivity contribution in [3.8, 4) is 0 Å². The maximum atomic E-state index is 12.0. The molecule has 0 saturated carbocycles. The maximum Gasteiger partial charge on any atom is 0.293 e. The summed E-state index contributed by atoms with van der Waals surface area (Å²) in [7, 11) is 0. The number of nitrogens with zero attached hydrogens (tertiary/aromatic N) is 2. The summed E-state index contributed by atoms with van der Waals surface area (Å²) in [6, 6.07) is 8.20. The van der Waals surface area contributed by atoms with E-state index in [0.29, 0.717) is 18.9 Å². The lowest BCUT2D eigenvalue weighted by atomic mass is 10.2. The molecule has 0 saturated heterocycles. The smallest absolute Gasteiger partial charge is 0.293 e. The Kier molecular flexibility index (Phi) is 5.37. The molecular formula is C16H22N4O. The van der Waals surface area contributed by atoms with Crippen LogP contribution in [0, 0.1) is 0 Å². The molecule has 0 fully saturated rings. The van der Waals surface area contributed by atoms with Gasteiger partial charge in [0.15, 0.2) is 5.82 Å².